The summed E-state index contributed by atoms with van der Waals surface area (Å²) in [4.78, 5) is 12.1. The zero-order valence-corrected chi connectivity index (χ0v) is 10.6. The summed E-state index contributed by atoms with van der Waals surface area (Å²) in [5.74, 6) is -0.251. The predicted octanol–water partition coefficient (Wildman–Crippen LogP) is 1.31. The molecule has 0 atom stereocenters. The van der Waals surface area contributed by atoms with Crippen molar-refractivity contribution >= 4 is 28.8 Å². The van der Waals surface area contributed by atoms with E-state index in [4.69, 9.17) is 18.0 Å². The van der Waals surface area contributed by atoms with E-state index in [2.05, 4.69) is 10.4 Å². The second-order valence-electron chi connectivity index (χ2n) is 3.77. The van der Waals surface area contributed by atoms with Crippen LogP contribution in [0.25, 0.3) is 0 Å². The third-order valence-electron chi connectivity index (χ3n) is 2.37. The molecule has 0 unspecified atom stereocenters. The Morgan fingerprint density at radius 2 is 2.00 bits per heavy atom. The van der Waals surface area contributed by atoms with Crippen molar-refractivity contribution in [2.75, 3.05) is 5.32 Å². The van der Waals surface area contributed by atoms with Gasteiger partial charge in [0.2, 0.25) is 0 Å². The van der Waals surface area contributed by atoms with E-state index in [1.807, 2.05) is 0 Å². The zero-order valence-electron chi connectivity index (χ0n) is 9.75. The van der Waals surface area contributed by atoms with Crippen LogP contribution in [-0.2, 0) is 7.05 Å². The van der Waals surface area contributed by atoms with E-state index in [1.54, 1.807) is 48.3 Å². The van der Waals surface area contributed by atoms with E-state index >= 15 is 0 Å². The van der Waals surface area contributed by atoms with E-state index < -0.39 is 0 Å². The van der Waals surface area contributed by atoms with Crippen molar-refractivity contribution in [2.45, 2.75) is 0 Å². The number of hydrogen-bond acceptors (Lipinski definition) is 3. The summed E-state index contributed by atoms with van der Waals surface area (Å²) in [6.07, 6.45) is 1.71. The number of thiocarbonyl (C=S) groups is 1. The van der Waals surface area contributed by atoms with E-state index in [0.717, 1.165) is 5.56 Å². The van der Waals surface area contributed by atoms with Crippen LogP contribution in [0, 0.1) is 0 Å². The zero-order chi connectivity index (χ0) is 13.1. The Balaban J connectivity index is 2.10. The number of aryl methyl sites for hydroxylation is 1. The fourth-order valence-electron chi connectivity index (χ4n) is 1.45. The Morgan fingerprint density at radius 3 is 2.50 bits per heavy atom. The molecule has 6 heteroatoms. The van der Waals surface area contributed by atoms with Crippen molar-refractivity contribution in [2.24, 2.45) is 12.8 Å². The fraction of sp³-hybridized carbons (Fsp3) is 0.0833. The van der Waals surface area contributed by atoms with Crippen LogP contribution in [0.3, 0.4) is 0 Å². The third-order valence-corrected chi connectivity index (χ3v) is 2.61. The summed E-state index contributed by atoms with van der Waals surface area (Å²) in [6.45, 7) is 0. The van der Waals surface area contributed by atoms with Crippen LogP contribution in [0.1, 0.15) is 16.1 Å². The molecule has 3 N–H and O–H groups in total. The fourth-order valence-corrected chi connectivity index (χ4v) is 1.59. The molecular formula is C12H12N4OS. The van der Waals surface area contributed by atoms with Crippen molar-refractivity contribution in [1.82, 2.24) is 9.78 Å². The lowest BCUT2D eigenvalue weighted by atomic mass is 10.2. The number of hydrogen-bond donors (Lipinski definition) is 2. The first-order valence-corrected chi connectivity index (χ1v) is 5.68. The molecule has 2 rings (SSSR count). The Bertz CT molecular complexity index is 588. The lowest BCUT2D eigenvalue weighted by Crippen LogP contribution is -2.13. The van der Waals surface area contributed by atoms with Crippen LogP contribution in [0.4, 0.5) is 5.69 Å². The van der Waals surface area contributed by atoms with Crippen molar-refractivity contribution in [3.05, 3.63) is 47.8 Å². The molecule has 0 saturated heterocycles. The molecule has 0 radical (unpaired) electrons. The molecule has 5 nitrogen and oxygen atoms in total. The highest BCUT2D eigenvalue weighted by Crippen LogP contribution is 2.10. The Morgan fingerprint density at radius 1 is 1.33 bits per heavy atom. The molecule has 0 spiro atoms. The maximum Gasteiger partial charge on any atom is 0.276 e. The van der Waals surface area contributed by atoms with Crippen molar-refractivity contribution < 1.29 is 4.79 Å². The first kappa shape index (κ1) is 12.3. The molecule has 0 aliphatic heterocycles. The van der Waals surface area contributed by atoms with Crippen molar-refractivity contribution in [3.63, 3.8) is 0 Å². The van der Waals surface area contributed by atoms with Crippen LogP contribution in [0.5, 0.6) is 0 Å². The lowest BCUT2D eigenvalue weighted by Gasteiger charge is -2.04. The largest absolute Gasteiger partial charge is 0.389 e. The minimum Gasteiger partial charge on any atom is -0.389 e. The highest BCUT2D eigenvalue weighted by molar-refractivity contribution is 7.80. The van der Waals surface area contributed by atoms with Gasteiger partial charge in [-0.25, -0.2) is 0 Å². The Hall–Kier alpha value is -2.21. The molecule has 0 aliphatic carbocycles. The van der Waals surface area contributed by atoms with Gasteiger partial charge in [-0.05, 0) is 30.3 Å². The molecule has 92 valence electrons. The molecule has 1 heterocycles. The van der Waals surface area contributed by atoms with Gasteiger partial charge in [-0.1, -0.05) is 12.2 Å². The number of carbonyl (C=O) groups excluding carboxylic acids is 1. The average molecular weight is 260 g/mol. The van der Waals surface area contributed by atoms with Crippen LogP contribution in [0.15, 0.2) is 36.5 Å². The van der Waals surface area contributed by atoms with Gasteiger partial charge >= 0.3 is 0 Å². The molecule has 0 saturated carbocycles. The lowest BCUT2D eigenvalue weighted by molar-refractivity contribution is 0.102. The number of nitrogens with zero attached hydrogens (tertiary/aromatic N) is 2. The predicted molar refractivity (Wildman–Crippen MR) is 73.5 cm³/mol. The summed E-state index contributed by atoms with van der Waals surface area (Å²) in [6, 6.07) is 8.66. The number of benzene rings is 1. The maximum atomic E-state index is 11.8. The number of amides is 1. The molecule has 1 amide bonds. The average Bonchev–Trinajstić information content (AvgIpc) is 2.76. The smallest absolute Gasteiger partial charge is 0.276 e. The van der Waals surface area contributed by atoms with Gasteiger partial charge in [0.05, 0.1) is 0 Å². The van der Waals surface area contributed by atoms with Gasteiger partial charge in [0.25, 0.3) is 5.91 Å². The third kappa shape index (κ3) is 2.72. The molecular weight excluding hydrogens is 248 g/mol. The number of rotatable bonds is 3. The van der Waals surface area contributed by atoms with Crippen molar-refractivity contribution in [1.29, 1.82) is 0 Å². The van der Waals surface area contributed by atoms with E-state index in [1.165, 1.54) is 0 Å². The minimum absolute atomic E-state index is 0.251. The van der Waals surface area contributed by atoms with Gasteiger partial charge < -0.3 is 11.1 Å². The van der Waals surface area contributed by atoms with Crippen LogP contribution < -0.4 is 11.1 Å². The Kier molecular flexibility index (Phi) is 3.38. The van der Waals surface area contributed by atoms with E-state index in [-0.39, 0.29) is 5.91 Å². The van der Waals surface area contributed by atoms with Gasteiger partial charge in [-0.15, -0.1) is 0 Å². The summed E-state index contributed by atoms with van der Waals surface area (Å²) >= 11 is 4.85. The van der Waals surface area contributed by atoms with E-state index in [9.17, 15) is 4.79 Å². The van der Waals surface area contributed by atoms with Gasteiger partial charge in [-0.2, -0.15) is 5.10 Å². The Labute approximate surface area is 110 Å². The summed E-state index contributed by atoms with van der Waals surface area (Å²) in [5, 5.41) is 6.76. The first-order chi connectivity index (χ1) is 8.56. The number of nitrogens with one attached hydrogen (secondary N) is 1. The number of nitrogens with two attached hydrogens (primary N) is 1. The molecule has 2 aromatic rings. The highest BCUT2D eigenvalue weighted by Gasteiger charge is 2.08. The summed E-state index contributed by atoms with van der Waals surface area (Å²) in [7, 11) is 1.76. The van der Waals surface area contributed by atoms with Gasteiger partial charge in [-0.3, -0.25) is 9.48 Å². The molecule has 0 aliphatic rings. The molecule has 0 fully saturated rings. The quantitative estimate of drug-likeness (QED) is 0.816. The molecule has 1 aromatic carbocycles. The standard InChI is InChI=1S/C12H12N4OS/c1-16-7-6-10(15-16)12(17)14-9-4-2-8(3-5-9)11(13)18/h2-7H,1H3,(H2,13,18)(H,14,17). The topological polar surface area (TPSA) is 72.9 Å². The first-order valence-electron chi connectivity index (χ1n) is 5.27. The van der Waals surface area contributed by atoms with Crippen LogP contribution in [0.2, 0.25) is 0 Å². The van der Waals surface area contributed by atoms with Gasteiger partial charge in [0.15, 0.2) is 5.69 Å². The molecule has 0 bridgehead atoms. The van der Waals surface area contributed by atoms with Gasteiger partial charge in [0.1, 0.15) is 4.99 Å². The minimum atomic E-state index is -0.251. The summed E-state index contributed by atoms with van der Waals surface area (Å²) < 4.78 is 1.57. The second kappa shape index (κ2) is 4.97. The van der Waals surface area contributed by atoms with E-state index in [0.29, 0.717) is 16.4 Å². The molecule has 18 heavy (non-hydrogen) atoms. The second-order valence-corrected chi connectivity index (χ2v) is 4.21. The highest BCUT2D eigenvalue weighted by atomic mass is 32.1. The van der Waals surface area contributed by atoms with Gasteiger partial charge in [0, 0.05) is 24.5 Å². The number of carbonyl (C=O) groups is 1. The number of aromatic nitrogens is 2. The monoisotopic (exact) mass is 260 g/mol. The normalized spacial score (nSPS) is 10.1. The molecule has 1 aromatic heterocycles. The van der Waals surface area contributed by atoms with Crippen molar-refractivity contribution in [3.8, 4) is 0 Å². The summed E-state index contributed by atoms with van der Waals surface area (Å²) in [5.41, 5.74) is 7.30. The van der Waals surface area contributed by atoms with Crippen LogP contribution >= 0.6 is 12.2 Å². The van der Waals surface area contributed by atoms with Crippen LogP contribution in [-0.4, -0.2) is 20.7 Å². The SMILES string of the molecule is Cn1ccc(C(=O)Nc2ccc(C(N)=S)cc2)n1. The number of anilines is 1. The maximum absolute atomic E-state index is 11.8.